The van der Waals surface area contributed by atoms with Crippen LogP contribution in [0.1, 0.15) is 5.56 Å². The van der Waals surface area contributed by atoms with Crippen LogP contribution in [0.2, 0.25) is 0 Å². The zero-order valence-corrected chi connectivity index (χ0v) is 11.9. The van der Waals surface area contributed by atoms with Crippen molar-refractivity contribution in [2.24, 2.45) is 0 Å². The van der Waals surface area contributed by atoms with Crippen molar-refractivity contribution in [1.82, 2.24) is 4.48 Å². The van der Waals surface area contributed by atoms with E-state index in [1.165, 1.54) is 17.3 Å². The summed E-state index contributed by atoms with van der Waals surface area (Å²) >= 11 is 0. The zero-order valence-electron chi connectivity index (χ0n) is 11.1. The van der Waals surface area contributed by atoms with Gasteiger partial charge in [-0.1, -0.05) is 24.8 Å². The lowest BCUT2D eigenvalue weighted by molar-refractivity contribution is -0.137. The SMILES string of the molecule is C=CC(=O)OCC[N+](C)(C)c1ccccc1C.[Cl-]. The number of ether oxygens (including phenoxy) is 1. The highest BCUT2D eigenvalue weighted by Crippen LogP contribution is 2.22. The highest BCUT2D eigenvalue weighted by molar-refractivity contribution is 5.81. The molecule has 1 aromatic carbocycles. The molecule has 0 radical (unpaired) electrons. The van der Waals surface area contributed by atoms with E-state index in [-0.39, 0.29) is 18.4 Å². The van der Waals surface area contributed by atoms with Crippen LogP contribution >= 0.6 is 0 Å². The number of hydrogen-bond acceptors (Lipinski definition) is 2. The number of carbonyl (C=O) groups excluding carboxylic acids is 1. The molecule has 0 fully saturated rings. The van der Waals surface area contributed by atoms with Gasteiger partial charge in [-0.25, -0.2) is 4.79 Å². The van der Waals surface area contributed by atoms with Crippen molar-refractivity contribution in [2.45, 2.75) is 6.92 Å². The minimum Gasteiger partial charge on any atom is -1.00 e. The van der Waals surface area contributed by atoms with Crippen LogP contribution < -0.4 is 16.9 Å². The van der Waals surface area contributed by atoms with Gasteiger partial charge in [-0.2, -0.15) is 0 Å². The summed E-state index contributed by atoms with van der Waals surface area (Å²) in [4.78, 5) is 11.0. The Kier molecular flexibility index (Phi) is 6.66. The van der Waals surface area contributed by atoms with Crippen LogP contribution in [0.15, 0.2) is 36.9 Å². The second-order valence-corrected chi connectivity index (χ2v) is 4.57. The lowest BCUT2D eigenvalue weighted by Crippen LogP contribution is -3.00. The fourth-order valence-corrected chi connectivity index (χ4v) is 1.80. The maximum Gasteiger partial charge on any atom is 0.330 e. The number of hydrogen-bond donors (Lipinski definition) is 0. The van der Waals surface area contributed by atoms with Crippen molar-refractivity contribution in [2.75, 3.05) is 27.2 Å². The molecule has 0 unspecified atom stereocenters. The number of likely N-dealkylation sites (N-methyl/N-ethyl adjacent to an activating group) is 1. The molecule has 100 valence electrons. The van der Waals surface area contributed by atoms with Gasteiger partial charge in [0.1, 0.15) is 18.8 Å². The van der Waals surface area contributed by atoms with E-state index in [0.717, 1.165) is 6.54 Å². The first-order valence-electron chi connectivity index (χ1n) is 5.66. The number of quaternary nitrogens is 1. The summed E-state index contributed by atoms with van der Waals surface area (Å²) in [7, 11) is 4.20. The first-order chi connectivity index (χ1) is 7.97. The van der Waals surface area contributed by atoms with Gasteiger partial charge in [0.25, 0.3) is 0 Å². The summed E-state index contributed by atoms with van der Waals surface area (Å²) in [5.41, 5.74) is 2.48. The summed E-state index contributed by atoms with van der Waals surface area (Å²) in [5, 5.41) is 0. The Labute approximate surface area is 115 Å². The van der Waals surface area contributed by atoms with Crippen LogP contribution in [0.4, 0.5) is 5.69 Å². The van der Waals surface area contributed by atoms with Crippen molar-refractivity contribution < 1.29 is 21.9 Å². The van der Waals surface area contributed by atoms with Crippen molar-refractivity contribution in [3.63, 3.8) is 0 Å². The van der Waals surface area contributed by atoms with E-state index in [2.05, 4.69) is 39.7 Å². The fraction of sp³-hybridized carbons (Fsp3) is 0.357. The Balaban J connectivity index is 0.00000289. The van der Waals surface area contributed by atoms with Gasteiger partial charge in [0, 0.05) is 11.6 Å². The van der Waals surface area contributed by atoms with E-state index in [1.54, 1.807) is 0 Å². The third-order valence-corrected chi connectivity index (χ3v) is 2.83. The summed E-state index contributed by atoms with van der Waals surface area (Å²) < 4.78 is 5.71. The topological polar surface area (TPSA) is 26.3 Å². The molecule has 0 aliphatic carbocycles. The van der Waals surface area contributed by atoms with Gasteiger partial charge in [-0.3, -0.25) is 4.48 Å². The molecule has 0 spiro atoms. The Hall–Kier alpha value is -1.32. The molecule has 0 aromatic heterocycles. The van der Waals surface area contributed by atoms with Crippen molar-refractivity contribution >= 4 is 11.7 Å². The Morgan fingerprint density at radius 2 is 2.00 bits per heavy atom. The number of esters is 1. The molecule has 0 aliphatic rings. The van der Waals surface area contributed by atoms with Crippen LogP contribution in [0.5, 0.6) is 0 Å². The number of rotatable bonds is 5. The highest BCUT2D eigenvalue weighted by Gasteiger charge is 2.20. The average molecular weight is 270 g/mol. The second-order valence-electron chi connectivity index (χ2n) is 4.57. The van der Waals surface area contributed by atoms with E-state index >= 15 is 0 Å². The summed E-state index contributed by atoms with van der Waals surface area (Å²) in [6, 6.07) is 8.24. The summed E-state index contributed by atoms with van der Waals surface area (Å²) in [6.45, 7) is 6.59. The number of aryl methyl sites for hydroxylation is 1. The fourth-order valence-electron chi connectivity index (χ4n) is 1.80. The largest absolute Gasteiger partial charge is 1.00 e. The lowest BCUT2D eigenvalue weighted by Gasteiger charge is -2.30. The maximum absolute atomic E-state index is 11.0. The van der Waals surface area contributed by atoms with E-state index < -0.39 is 0 Å². The number of benzene rings is 1. The van der Waals surface area contributed by atoms with Crippen molar-refractivity contribution in [3.05, 3.63) is 42.5 Å². The van der Waals surface area contributed by atoms with E-state index in [1.807, 2.05) is 12.1 Å². The molecule has 0 bridgehead atoms. The molecule has 0 N–H and O–H groups in total. The molecule has 0 amide bonds. The van der Waals surface area contributed by atoms with Crippen LogP contribution in [0, 0.1) is 6.92 Å². The normalized spacial score (nSPS) is 10.4. The summed E-state index contributed by atoms with van der Waals surface area (Å²) in [6.07, 6.45) is 1.19. The lowest BCUT2D eigenvalue weighted by atomic mass is 10.1. The molecule has 0 saturated heterocycles. The number of halogens is 1. The van der Waals surface area contributed by atoms with Gasteiger partial charge in [-0.15, -0.1) is 0 Å². The molecular weight excluding hydrogens is 250 g/mol. The molecule has 0 saturated carbocycles. The first kappa shape index (κ1) is 16.7. The Morgan fingerprint density at radius 1 is 1.39 bits per heavy atom. The second kappa shape index (κ2) is 7.19. The first-order valence-corrected chi connectivity index (χ1v) is 5.66. The van der Waals surface area contributed by atoms with Crippen LogP contribution in [0.3, 0.4) is 0 Å². The molecule has 1 aromatic rings. The average Bonchev–Trinajstić information content (AvgIpc) is 2.28. The molecule has 18 heavy (non-hydrogen) atoms. The zero-order chi connectivity index (χ0) is 12.9. The quantitative estimate of drug-likeness (QED) is 0.401. The van der Waals surface area contributed by atoms with Gasteiger partial charge in [0.2, 0.25) is 0 Å². The van der Waals surface area contributed by atoms with Gasteiger partial charge in [0.05, 0.1) is 14.1 Å². The maximum atomic E-state index is 11.0. The predicted molar refractivity (Wildman–Crippen MR) is 70.8 cm³/mol. The van der Waals surface area contributed by atoms with Gasteiger partial charge in [0.15, 0.2) is 0 Å². The van der Waals surface area contributed by atoms with Gasteiger partial charge in [-0.05, 0) is 13.0 Å². The standard InChI is InChI=1S/C14H20NO2.ClH/c1-5-14(16)17-11-10-15(3,4)13-9-7-6-8-12(13)2;/h5-9H,1,10-11H2,2-4H3;1H/q+1;/p-1. The smallest absolute Gasteiger partial charge is 0.330 e. The van der Waals surface area contributed by atoms with E-state index in [9.17, 15) is 4.79 Å². The molecule has 0 aliphatic heterocycles. The van der Waals surface area contributed by atoms with Crippen LogP contribution in [0.25, 0.3) is 0 Å². The molecule has 1 rings (SSSR count). The number of carbonyl (C=O) groups is 1. The Bertz CT molecular complexity index is 416. The Morgan fingerprint density at radius 3 is 2.56 bits per heavy atom. The highest BCUT2D eigenvalue weighted by atomic mass is 35.5. The van der Waals surface area contributed by atoms with Gasteiger partial charge >= 0.3 is 5.97 Å². The monoisotopic (exact) mass is 269 g/mol. The van der Waals surface area contributed by atoms with Gasteiger partial charge < -0.3 is 17.1 Å². The molecule has 3 nitrogen and oxygen atoms in total. The van der Waals surface area contributed by atoms with E-state index in [4.69, 9.17) is 4.74 Å². The number of nitrogens with zero attached hydrogens (tertiary/aromatic N) is 1. The van der Waals surface area contributed by atoms with E-state index in [0.29, 0.717) is 11.1 Å². The molecular formula is C14H20ClNO2. The minimum atomic E-state index is -0.366. The third kappa shape index (κ3) is 4.51. The molecule has 0 heterocycles. The van der Waals surface area contributed by atoms with Crippen LogP contribution in [-0.2, 0) is 9.53 Å². The molecule has 0 atom stereocenters. The predicted octanol–water partition coefficient (Wildman–Crippen LogP) is -0.705. The number of para-hydroxylation sites is 1. The molecule has 4 heteroatoms. The van der Waals surface area contributed by atoms with Crippen molar-refractivity contribution in [1.29, 1.82) is 0 Å². The summed E-state index contributed by atoms with van der Waals surface area (Å²) in [5.74, 6) is -0.366. The van der Waals surface area contributed by atoms with Crippen molar-refractivity contribution in [3.8, 4) is 0 Å². The van der Waals surface area contributed by atoms with Crippen LogP contribution in [-0.4, -0.2) is 33.2 Å². The minimum absolute atomic E-state index is 0. The third-order valence-electron chi connectivity index (χ3n) is 2.83.